The van der Waals surface area contributed by atoms with E-state index in [1.54, 1.807) is 0 Å². The maximum Gasteiger partial charge on any atom is 0.337 e. The van der Waals surface area contributed by atoms with Gasteiger partial charge >= 0.3 is 7.60 Å². The molecule has 1 saturated heterocycles. The van der Waals surface area contributed by atoms with Crippen molar-refractivity contribution in [3.05, 3.63) is 0 Å². The van der Waals surface area contributed by atoms with E-state index in [-0.39, 0.29) is 5.54 Å². The monoisotopic (exact) mass is 354 g/mol. The van der Waals surface area contributed by atoms with E-state index in [0.29, 0.717) is 6.16 Å². The van der Waals surface area contributed by atoms with Crippen molar-refractivity contribution in [3.63, 3.8) is 0 Å². The Hall–Kier alpha value is -0.380. The number of hydrogen-bond donors (Lipinski definition) is 0. The van der Waals surface area contributed by atoms with E-state index in [4.69, 9.17) is 14.0 Å². The first-order valence-electron chi connectivity index (χ1n) is 9.57. The van der Waals surface area contributed by atoms with Crippen LogP contribution in [0, 0.1) is 17.8 Å². The third kappa shape index (κ3) is 3.20. The largest absolute Gasteiger partial charge is 0.360 e. The van der Waals surface area contributed by atoms with Gasteiger partial charge in [0.05, 0.1) is 5.54 Å². The normalized spacial score (nSPS) is 39.0. The molecule has 1 aliphatic heterocycles. The van der Waals surface area contributed by atoms with Crippen molar-refractivity contribution in [2.75, 3.05) is 33.5 Å². The highest BCUT2D eigenvalue weighted by atomic mass is 31.2. The quantitative estimate of drug-likeness (QED) is 0.426. The number of aliphatic imine (C=N–C) groups is 1. The Balaban J connectivity index is 1.62. The number of likely N-dealkylation sites (tertiary alicyclic amines) is 1. The molecule has 136 valence electrons. The molecule has 0 amide bonds. The van der Waals surface area contributed by atoms with Gasteiger partial charge in [0.2, 0.25) is 0 Å². The Morgan fingerprint density at radius 3 is 2.00 bits per heavy atom. The number of amidine groups is 1. The zero-order chi connectivity index (χ0) is 16.8. The van der Waals surface area contributed by atoms with Crippen LogP contribution in [0.5, 0.6) is 0 Å². The van der Waals surface area contributed by atoms with Gasteiger partial charge in [0.25, 0.3) is 0 Å². The maximum absolute atomic E-state index is 12.8. The minimum Gasteiger partial charge on any atom is -0.360 e. The molecule has 1 heterocycles. The summed E-state index contributed by atoms with van der Waals surface area (Å²) in [6.07, 6.45) is 10.7. The lowest BCUT2D eigenvalue weighted by atomic mass is 9.53. The van der Waals surface area contributed by atoms with Gasteiger partial charge in [-0.25, -0.2) is 0 Å². The van der Waals surface area contributed by atoms with Crippen molar-refractivity contribution >= 4 is 13.4 Å². The number of nitrogens with zero attached hydrogens (tertiary/aromatic N) is 2. The number of hydrogen-bond acceptors (Lipinski definition) is 4. The van der Waals surface area contributed by atoms with Crippen LogP contribution >= 0.6 is 7.60 Å². The summed E-state index contributed by atoms with van der Waals surface area (Å²) in [6.45, 7) is 2.05. The fraction of sp³-hybridized carbons (Fsp3) is 0.944. The van der Waals surface area contributed by atoms with Crippen LogP contribution in [0.2, 0.25) is 0 Å². The fourth-order valence-corrected chi connectivity index (χ4v) is 7.06. The second-order valence-corrected chi connectivity index (χ2v) is 10.8. The lowest BCUT2D eigenvalue weighted by Gasteiger charge is -2.55. The van der Waals surface area contributed by atoms with Crippen LogP contribution in [0.25, 0.3) is 0 Å². The smallest absolute Gasteiger partial charge is 0.337 e. The SMILES string of the molecule is COP(=O)(CC(=NC12CC3CC(CC(C3)C1)C2)N1CCCC1)OC. The van der Waals surface area contributed by atoms with Gasteiger partial charge in [0.15, 0.2) is 0 Å². The summed E-state index contributed by atoms with van der Waals surface area (Å²) in [5.41, 5.74) is 0.110. The fourth-order valence-electron chi connectivity index (χ4n) is 6.03. The molecule has 5 fully saturated rings. The Bertz CT molecular complexity index is 513. The molecule has 6 heteroatoms. The second-order valence-electron chi connectivity index (χ2n) is 8.50. The summed E-state index contributed by atoms with van der Waals surface area (Å²) < 4.78 is 23.2. The first-order chi connectivity index (χ1) is 11.5. The van der Waals surface area contributed by atoms with Crippen molar-refractivity contribution in [2.24, 2.45) is 22.7 Å². The zero-order valence-corrected chi connectivity index (χ0v) is 16.0. The molecule has 0 aromatic rings. The average molecular weight is 354 g/mol. The zero-order valence-electron chi connectivity index (χ0n) is 15.1. The van der Waals surface area contributed by atoms with E-state index < -0.39 is 7.60 Å². The van der Waals surface area contributed by atoms with Gasteiger partial charge in [-0.1, -0.05) is 0 Å². The molecule has 0 aromatic carbocycles. The Morgan fingerprint density at radius 2 is 1.54 bits per heavy atom. The van der Waals surface area contributed by atoms with Crippen LogP contribution in [-0.2, 0) is 13.6 Å². The van der Waals surface area contributed by atoms with E-state index in [2.05, 4.69) is 4.90 Å². The van der Waals surface area contributed by atoms with Crippen LogP contribution in [0.4, 0.5) is 0 Å². The molecule has 5 aliphatic rings. The third-order valence-electron chi connectivity index (χ3n) is 6.73. The van der Waals surface area contributed by atoms with Crippen LogP contribution in [0.3, 0.4) is 0 Å². The van der Waals surface area contributed by atoms with Gasteiger partial charge in [-0.15, -0.1) is 0 Å². The Morgan fingerprint density at radius 1 is 1.04 bits per heavy atom. The molecular weight excluding hydrogens is 323 g/mol. The van der Waals surface area contributed by atoms with Gasteiger partial charge in [-0.2, -0.15) is 0 Å². The predicted molar refractivity (Wildman–Crippen MR) is 95.6 cm³/mol. The van der Waals surface area contributed by atoms with Crippen molar-refractivity contribution in [1.29, 1.82) is 0 Å². The van der Waals surface area contributed by atoms with Crippen molar-refractivity contribution < 1.29 is 13.6 Å². The molecule has 4 bridgehead atoms. The summed E-state index contributed by atoms with van der Waals surface area (Å²) in [7, 11) is -0.106. The molecule has 0 atom stereocenters. The molecule has 5 nitrogen and oxygen atoms in total. The Labute approximate surface area is 145 Å². The molecule has 0 spiro atoms. The molecule has 0 unspecified atom stereocenters. The van der Waals surface area contributed by atoms with E-state index in [1.807, 2.05) is 0 Å². The highest BCUT2D eigenvalue weighted by Gasteiger charge is 2.51. The molecule has 5 rings (SSSR count). The highest BCUT2D eigenvalue weighted by Crippen LogP contribution is 2.57. The van der Waals surface area contributed by atoms with E-state index in [0.717, 1.165) is 36.7 Å². The van der Waals surface area contributed by atoms with Gasteiger partial charge in [-0.05, 0) is 69.1 Å². The number of rotatable bonds is 5. The summed E-state index contributed by atoms with van der Waals surface area (Å²) in [5, 5.41) is 0. The second kappa shape index (κ2) is 6.41. The molecule has 0 radical (unpaired) electrons. The van der Waals surface area contributed by atoms with E-state index in [1.165, 1.54) is 65.6 Å². The van der Waals surface area contributed by atoms with Crippen molar-refractivity contribution in [3.8, 4) is 0 Å². The molecule has 0 aromatic heterocycles. The average Bonchev–Trinajstić information content (AvgIpc) is 3.07. The third-order valence-corrected chi connectivity index (χ3v) is 8.52. The molecule has 4 saturated carbocycles. The predicted octanol–water partition coefficient (Wildman–Crippen LogP) is 3.94. The highest BCUT2D eigenvalue weighted by molar-refractivity contribution is 7.54. The standard InChI is InChI=1S/C18H31N2O3P/c1-22-24(21,23-2)13-17(20-5-3-4-6-20)19-18-10-14-7-15(11-18)9-16(8-14)12-18/h14-16H,3-13H2,1-2H3. The van der Waals surface area contributed by atoms with E-state index >= 15 is 0 Å². The Kier molecular flexibility index (Phi) is 4.55. The first kappa shape index (κ1) is 17.1. The van der Waals surface area contributed by atoms with Crippen LogP contribution in [0.1, 0.15) is 51.4 Å². The summed E-state index contributed by atoms with van der Waals surface area (Å²) in [6, 6.07) is 0. The van der Waals surface area contributed by atoms with Gasteiger partial charge < -0.3 is 13.9 Å². The summed E-state index contributed by atoms with van der Waals surface area (Å²) in [4.78, 5) is 7.68. The topological polar surface area (TPSA) is 51.1 Å². The maximum atomic E-state index is 12.8. The van der Waals surface area contributed by atoms with Gasteiger partial charge in [-0.3, -0.25) is 9.56 Å². The summed E-state index contributed by atoms with van der Waals surface area (Å²) in [5.74, 6) is 3.60. The molecule has 0 N–H and O–H groups in total. The van der Waals surface area contributed by atoms with Crippen molar-refractivity contribution in [2.45, 2.75) is 56.9 Å². The minimum atomic E-state index is -3.07. The van der Waals surface area contributed by atoms with Crippen molar-refractivity contribution in [1.82, 2.24) is 4.90 Å². The van der Waals surface area contributed by atoms with Gasteiger partial charge in [0.1, 0.15) is 12.0 Å². The molecule has 4 aliphatic carbocycles. The van der Waals surface area contributed by atoms with Crippen LogP contribution in [0.15, 0.2) is 4.99 Å². The lowest BCUT2D eigenvalue weighted by molar-refractivity contribution is 0.00114. The molecule has 24 heavy (non-hydrogen) atoms. The van der Waals surface area contributed by atoms with Gasteiger partial charge in [0, 0.05) is 27.3 Å². The summed E-state index contributed by atoms with van der Waals surface area (Å²) >= 11 is 0. The first-order valence-corrected chi connectivity index (χ1v) is 11.3. The lowest BCUT2D eigenvalue weighted by Crippen LogP contribution is -2.50. The van der Waals surface area contributed by atoms with Crippen LogP contribution in [-0.4, -0.2) is 49.7 Å². The van der Waals surface area contributed by atoms with Crippen LogP contribution < -0.4 is 0 Å². The molecular formula is C18H31N2O3P. The van der Waals surface area contributed by atoms with E-state index in [9.17, 15) is 4.57 Å². The minimum absolute atomic E-state index is 0.110.